The van der Waals surface area contributed by atoms with Crippen LogP contribution in [0.2, 0.25) is 0 Å². The number of nitrogens with zero attached hydrogens (tertiary/aromatic N) is 1. The summed E-state index contributed by atoms with van der Waals surface area (Å²) in [5.74, 6) is 0.649. The highest BCUT2D eigenvalue weighted by Gasteiger charge is 2.30. The summed E-state index contributed by atoms with van der Waals surface area (Å²) >= 11 is 0. The highest BCUT2D eigenvalue weighted by Crippen LogP contribution is 2.43. The van der Waals surface area contributed by atoms with Gasteiger partial charge in [0.2, 0.25) is 5.91 Å². The van der Waals surface area contributed by atoms with Crippen molar-refractivity contribution in [2.45, 2.75) is 26.4 Å². The van der Waals surface area contributed by atoms with Gasteiger partial charge in [0.1, 0.15) is 29.6 Å². The van der Waals surface area contributed by atoms with Gasteiger partial charge in [0, 0.05) is 24.6 Å². The first-order valence-electron chi connectivity index (χ1n) is 9.87. The molecule has 7 N–H and O–H groups in total. The van der Waals surface area contributed by atoms with Crippen molar-refractivity contribution in [2.75, 3.05) is 12.4 Å². The molecule has 0 spiro atoms. The molecule has 1 fully saturated rings. The number of rotatable bonds is 6. The summed E-state index contributed by atoms with van der Waals surface area (Å²) in [6, 6.07) is 5.46. The topological polar surface area (TPSA) is 158 Å². The van der Waals surface area contributed by atoms with E-state index in [2.05, 4.69) is 21.1 Å². The first-order valence-corrected chi connectivity index (χ1v) is 9.87. The van der Waals surface area contributed by atoms with Gasteiger partial charge in [0.25, 0.3) is 5.91 Å². The van der Waals surface area contributed by atoms with E-state index in [0.717, 1.165) is 24.0 Å². The van der Waals surface area contributed by atoms with Gasteiger partial charge >= 0.3 is 0 Å². The van der Waals surface area contributed by atoms with Gasteiger partial charge in [0.05, 0.1) is 16.9 Å². The van der Waals surface area contributed by atoms with Crippen molar-refractivity contribution in [3.63, 3.8) is 0 Å². The molecule has 0 unspecified atom stereocenters. The number of fused-ring (bicyclic) bond motifs is 3. The lowest BCUT2D eigenvalue weighted by Crippen LogP contribution is -2.31. The summed E-state index contributed by atoms with van der Waals surface area (Å²) in [7, 11) is 1.47. The zero-order chi connectivity index (χ0) is 22.1. The molecule has 1 aliphatic carbocycles. The maximum atomic E-state index is 12.2. The lowest BCUT2D eigenvalue weighted by molar-refractivity contribution is -0.121. The Hall–Kier alpha value is -3.95. The molecule has 1 aromatic heterocycles. The predicted octanol–water partition coefficient (Wildman–Crippen LogP) is 1.20. The lowest BCUT2D eigenvalue weighted by atomic mass is 10.0. The van der Waals surface area contributed by atoms with Crippen LogP contribution in [0.25, 0.3) is 11.3 Å². The Morgan fingerprint density at radius 1 is 1.26 bits per heavy atom. The molecule has 2 aromatic rings. The molecular weight excluding hydrogens is 400 g/mol. The number of aryl methyl sites for hydroxylation is 1. The number of anilines is 1. The number of hydrogen-bond donors (Lipinski definition) is 5. The zero-order valence-electron chi connectivity index (χ0n) is 17.2. The second-order valence-corrected chi connectivity index (χ2v) is 7.43. The molecule has 10 heteroatoms. The molecule has 1 aliphatic heterocycles. The third kappa shape index (κ3) is 4.04. The molecule has 0 radical (unpaired) electrons. The molecule has 1 saturated carbocycles. The first kappa shape index (κ1) is 20.3. The van der Waals surface area contributed by atoms with Crippen molar-refractivity contribution in [2.24, 2.45) is 17.4 Å². The fraction of sp³-hybridized carbons (Fsp3) is 0.286. The maximum absolute atomic E-state index is 12.2. The average Bonchev–Trinajstić information content (AvgIpc) is 3.55. The van der Waals surface area contributed by atoms with Crippen LogP contribution in [0, 0.1) is 12.8 Å². The largest absolute Gasteiger partial charge is 0.486 e. The minimum Gasteiger partial charge on any atom is -0.486 e. The molecule has 2 amide bonds. The number of benzene rings is 1. The van der Waals surface area contributed by atoms with Crippen molar-refractivity contribution >= 4 is 17.5 Å². The summed E-state index contributed by atoms with van der Waals surface area (Å²) in [5, 5.41) is 12.4. The van der Waals surface area contributed by atoms with E-state index in [-0.39, 0.29) is 29.0 Å². The number of allylic oxidation sites excluding steroid dienone is 1. The van der Waals surface area contributed by atoms with Crippen LogP contribution < -0.4 is 32.2 Å². The van der Waals surface area contributed by atoms with Crippen LogP contribution in [0.3, 0.4) is 0 Å². The number of ether oxygens (including phenoxy) is 1. The number of nitrogens with two attached hydrogens (primary N) is 2. The van der Waals surface area contributed by atoms with Gasteiger partial charge in [0.15, 0.2) is 5.75 Å². The third-order valence-corrected chi connectivity index (χ3v) is 5.16. The molecule has 10 nitrogen and oxygen atoms in total. The summed E-state index contributed by atoms with van der Waals surface area (Å²) in [5.41, 5.74) is 15.1. The molecule has 0 atom stereocenters. The van der Waals surface area contributed by atoms with E-state index in [1.165, 1.54) is 13.1 Å². The van der Waals surface area contributed by atoms with E-state index in [4.69, 9.17) is 20.7 Å². The van der Waals surface area contributed by atoms with Crippen molar-refractivity contribution < 1.29 is 18.8 Å². The maximum Gasteiger partial charge on any atom is 0.269 e. The van der Waals surface area contributed by atoms with Gasteiger partial charge in [-0.05, 0) is 31.9 Å². The predicted molar refractivity (Wildman–Crippen MR) is 113 cm³/mol. The molecule has 0 saturated heterocycles. The number of likely N-dealkylation sites (N-methyl/N-ethyl adjacent to an activating group) is 1. The minimum atomic E-state index is -0.500. The van der Waals surface area contributed by atoms with E-state index in [9.17, 15) is 9.59 Å². The van der Waals surface area contributed by atoms with Crippen LogP contribution in [0.15, 0.2) is 46.0 Å². The number of amides is 2. The molecule has 4 rings (SSSR count). The third-order valence-electron chi connectivity index (χ3n) is 5.16. The van der Waals surface area contributed by atoms with Crippen LogP contribution >= 0.6 is 0 Å². The van der Waals surface area contributed by atoms with Gasteiger partial charge < -0.3 is 36.7 Å². The number of nitrogens with one attached hydrogen (secondary N) is 3. The Bertz CT molecular complexity index is 1110. The van der Waals surface area contributed by atoms with Crippen LogP contribution in [0.1, 0.15) is 24.2 Å². The van der Waals surface area contributed by atoms with Gasteiger partial charge in [-0.2, -0.15) is 0 Å². The molecular formula is C21H24N6O4. The summed E-state index contributed by atoms with van der Waals surface area (Å²) in [6.45, 7) is 2.13. The van der Waals surface area contributed by atoms with Gasteiger partial charge in [-0.25, -0.2) is 0 Å². The number of aromatic nitrogens is 1. The molecule has 0 bridgehead atoms. The molecule has 162 valence electrons. The zero-order valence-corrected chi connectivity index (χ0v) is 17.2. The molecule has 2 aliphatic rings. The van der Waals surface area contributed by atoms with Crippen LogP contribution in [0.4, 0.5) is 5.69 Å². The number of carbonyl (C=O) groups is 2. The van der Waals surface area contributed by atoms with E-state index < -0.39 is 5.91 Å². The number of para-hydroxylation sites is 1. The Labute approximate surface area is 178 Å². The van der Waals surface area contributed by atoms with E-state index in [1.54, 1.807) is 6.07 Å². The summed E-state index contributed by atoms with van der Waals surface area (Å²) in [4.78, 5) is 24.2. The van der Waals surface area contributed by atoms with Crippen LogP contribution in [-0.2, 0) is 16.2 Å². The van der Waals surface area contributed by atoms with Crippen molar-refractivity contribution in [3.8, 4) is 17.0 Å². The van der Waals surface area contributed by atoms with E-state index in [0.29, 0.717) is 29.5 Å². The fourth-order valence-electron chi connectivity index (χ4n) is 3.26. The fourth-order valence-corrected chi connectivity index (χ4v) is 3.26. The van der Waals surface area contributed by atoms with Crippen molar-refractivity contribution in [1.82, 2.24) is 15.8 Å². The second-order valence-electron chi connectivity index (χ2n) is 7.43. The summed E-state index contributed by atoms with van der Waals surface area (Å²) < 4.78 is 11.2. The monoisotopic (exact) mass is 424 g/mol. The molecule has 31 heavy (non-hydrogen) atoms. The van der Waals surface area contributed by atoms with Crippen LogP contribution in [0.5, 0.6) is 5.75 Å². The quantitative estimate of drug-likeness (QED) is 0.342. The number of carbonyl (C=O) groups excluding carboxylic acids is 2. The van der Waals surface area contributed by atoms with E-state index in [1.807, 2.05) is 19.1 Å². The highest BCUT2D eigenvalue weighted by atomic mass is 16.5. The van der Waals surface area contributed by atoms with Crippen molar-refractivity contribution in [3.05, 3.63) is 52.8 Å². The Morgan fingerprint density at radius 2 is 2.03 bits per heavy atom. The number of hydrogen-bond acceptors (Lipinski definition) is 8. The Balaban J connectivity index is 1.68. The van der Waals surface area contributed by atoms with Gasteiger partial charge in [-0.1, -0.05) is 11.2 Å². The van der Waals surface area contributed by atoms with Gasteiger partial charge in [-0.3, -0.25) is 9.59 Å². The Morgan fingerprint density at radius 3 is 2.74 bits per heavy atom. The Kier molecular flexibility index (Phi) is 5.28. The molecule has 1 aromatic carbocycles. The second kappa shape index (κ2) is 8.05. The normalized spacial score (nSPS) is 15.7. The smallest absolute Gasteiger partial charge is 0.269 e. The van der Waals surface area contributed by atoms with Crippen molar-refractivity contribution in [1.29, 1.82) is 0 Å². The lowest BCUT2D eigenvalue weighted by Gasteiger charge is -2.21. The average molecular weight is 424 g/mol. The minimum absolute atomic E-state index is 0.0155. The first-order chi connectivity index (χ1) is 14.9. The molecule has 2 heterocycles. The van der Waals surface area contributed by atoms with Gasteiger partial charge in [-0.15, -0.1) is 0 Å². The van der Waals surface area contributed by atoms with Crippen LogP contribution in [-0.4, -0.2) is 24.0 Å². The standard InChI is InChI=1S/C21H24N6O4/c1-10-13-9-30-19-12(18(13)27-31-10)4-3-5-14(19)25-15(17(23)21(29)24-2)8-16(22)26-20(28)11-6-7-11/h3-5,8,11,25H,6-7,9,22-23H2,1-2H3,(H,24,29)(H,26,28)/b16-8+,17-15+. The highest BCUT2D eigenvalue weighted by molar-refractivity contribution is 5.94. The SMILES string of the molecule is CNC(=O)/C(N)=C(/C=C(\N)NC(=O)C1CC1)Nc1cccc2c1OCc1c-2noc1C. The van der Waals surface area contributed by atoms with E-state index >= 15 is 0 Å². The summed E-state index contributed by atoms with van der Waals surface area (Å²) in [6.07, 6.45) is 3.10.